The number of nitrogens with zero attached hydrogens (tertiary/aromatic N) is 1. The molecule has 2 aromatic carbocycles. The van der Waals surface area contributed by atoms with Crippen molar-refractivity contribution in [3.63, 3.8) is 0 Å². The molecule has 0 spiro atoms. The number of nitrogens with two attached hydrogens (primary N) is 1. The van der Waals surface area contributed by atoms with Gasteiger partial charge < -0.3 is 20.6 Å². The number of amides is 1. The number of oxazole rings is 1. The molecule has 0 fully saturated rings. The number of carboxylic acids is 1. The lowest BCUT2D eigenvalue weighted by Gasteiger charge is -2.00. The van der Waals surface area contributed by atoms with E-state index < -0.39 is 11.9 Å². The van der Waals surface area contributed by atoms with Crippen LogP contribution in [0.2, 0.25) is 10.0 Å². The van der Waals surface area contributed by atoms with E-state index in [1.54, 1.807) is 24.5 Å². The van der Waals surface area contributed by atoms with Crippen molar-refractivity contribution in [3.05, 3.63) is 70.4 Å². The standard InChI is InChI=1S/C12H12N2O3.C7H5Cl2NO/c15-11(16)6-7-13-12-14-10(8-17-12)9-4-2-1-3-5-9;8-4-2-1-3-5(9)6(4)7(10)11/h1-5,8H,6-7H2,(H,13,14)(H,15,16);1-3H,(H2,10,11). The van der Waals surface area contributed by atoms with Crippen LogP contribution in [0.3, 0.4) is 0 Å². The quantitative estimate of drug-likeness (QED) is 0.545. The monoisotopic (exact) mass is 421 g/mol. The highest BCUT2D eigenvalue weighted by Gasteiger charge is 2.09. The van der Waals surface area contributed by atoms with E-state index in [4.69, 9.17) is 38.5 Å². The van der Waals surface area contributed by atoms with Crippen molar-refractivity contribution in [1.29, 1.82) is 0 Å². The molecule has 0 aliphatic carbocycles. The fourth-order valence-electron chi connectivity index (χ4n) is 2.11. The molecule has 0 aliphatic heterocycles. The van der Waals surface area contributed by atoms with Crippen LogP contribution in [0.25, 0.3) is 11.3 Å². The Hall–Kier alpha value is -3.03. The van der Waals surface area contributed by atoms with Gasteiger partial charge in [0.1, 0.15) is 12.0 Å². The van der Waals surface area contributed by atoms with Gasteiger partial charge in [-0.05, 0) is 12.1 Å². The Morgan fingerprint density at radius 1 is 1.07 bits per heavy atom. The second-order valence-electron chi connectivity index (χ2n) is 5.44. The maximum Gasteiger partial charge on any atom is 0.305 e. The minimum Gasteiger partial charge on any atom is -0.481 e. The Morgan fingerprint density at radius 3 is 2.25 bits per heavy atom. The van der Waals surface area contributed by atoms with E-state index in [2.05, 4.69) is 10.3 Å². The van der Waals surface area contributed by atoms with E-state index in [1.165, 1.54) is 0 Å². The SMILES string of the molecule is NC(=O)c1c(Cl)cccc1Cl.O=C(O)CCNc1nc(-c2ccccc2)co1. The lowest BCUT2D eigenvalue weighted by Crippen LogP contribution is -2.12. The third kappa shape index (κ3) is 6.29. The van der Waals surface area contributed by atoms with Gasteiger partial charge in [0, 0.05) is 12.1 Å². The number of carbonyl (C=O) groups excluding carboxylic acids is 1. The summed E-state index contributed by atoms with van der Waals surface area (Å²) in [6, 6.07) is 14.7. The van der Waals surface area contributed by atoms with E-state index in [9.17, 15) is 9.59 Å². The van der Waals surface area contributed by atoms with Crippen LogP contribution in [0, 0.1) is 0 Å². The van der Waals surface area contributed by atoms with Gasteiger partial charge in [-0.2, -0.15) is 4.98 Å². The molecule has 1 heterocycles. The van der Waals surface area contributed by atoms with Crippen LogP contribution < -0.4 is 11.1 Å². The molecule has 0 bridgehead atoms. The average molecular weight is 422 g/mol. The number of aliphatic carboxylic acids is 1. The summed E-state index contributed by atoms with van der Waals surface area (Å²) < 4.78 is 5.19. The van der Waals surface area contributed by atoms with Crippen molar-refractivity contribution >= 4 is 41.1 Å². The van der Waals surface area contributed by atoms with Gasteiger partial charge in [-0.1, -0.05) is 59.6 Å². The lowest BCUT2D eigenvalue weighted by atomic mass is 10.2. The number of nitrogens with one attached hydrogen (secondary N) is 1. The summed E-state index contributed by atoms with van der Waals surface area (Å²) in [6.45, 7) is 0.296. The molecule has 0 radical (unpaired) electrons. The number of hydrogen-bond acceptors (Lipinski definition) is 5. The molecule has 9 heteroatoms. The van der Waals surface area contributed by atoms with Crippen LogP contribution in [0.1, 0.15) is 16.8 Å². The second-order valence-corrected chi connectivity index (χ2v) is 6.25. The molecule has 7 nitrogen and oxygen atoms in total. The zero-order chi connectivity index (χ0) is 20.5. The van der Waals surface area contributed by atoms with Crippen molar-refractivity contribution in [2.45, 2.75) is 6.42 Å². The van der Waals surface area contributed by atoms with Crippen LogP contribution in [0.5, 0.6) is 0 Å². The molecule has 0 aliphatic rings. The normalized spacial score (nSPS) is 9.93. The number of primary amides is 1. The Labute approximate surface area is 171 Å². The number of benzene rings is 2. The number of carbonyl (C=O) groups is 2. The van der Waals surface area contributed by atoms with Gasteiger partial charge in [-0.15, -0.1) is 0 Å². The van der Waals surface area contributed by atoms with E-state index in [1.807, 2.05) is 30.3 Å². The summed E-state index contributed by atoms with van der Waals surface area (Å²) in [7, 11) is 0. The first-order valence-corrected chi connectivity index (χ1v) is 8.84. The van der Waals surface area contributed by atoms with E-state index >= 15 is 0 Å². The van der Waals surface area contributed by atoms with Crippen molar-refractivity contribution in [2.24, 2.45) is 5.73 Å². The van der Waals surface area contributed by atoms with Crippen LogP contribution >= 0.6 is 23.2 Å². The number of halogens is 2. The fraction of sp³-hybridized carbons (Fsp3) is 0.105. The Morgan fingerprint density at radius 2 is 1.71 bits per heavy atom. The molecular weight excluding hydrogens is 405 g/mol. The summed E-state index contributed by atoms with van der Waals surface area (Å²) in [6.07, 6.45) is 1.57. The summed E-state index contributed by atoms with van der Waals surface area (Å²) in [5.41, 5.74) is 6.87. The molecule has 3 rings (SSSR count). The molecule has 1 aromatic heterocycles. The van der Waals surface area contributed by atoms with Gasteiger partial charge >= 0.3 is 5.97 Å². The third-order valence-electron chi connectivity index (χ3n) is 3.40. The topological polar surface area (TPSA) is 118 Å². The van der Waals surface area contributed by atoms with Crippen LogP contribution in [-0.4, -0.2) is 28.5 Å². The first-order valence-electron chi connectivity index (χ1n) is 8.09. The fourth-order valence-corrected chi connectivity index (χ4v) is 2.69. The minimum atomic E-state index is -0.854. The maximum atomic E-state index is 10.7. The highest BCUT2D eigenvalue weighted by atomic mass is 35.5. The van der Waals surface area contributed by atoms with Gasteiger partial charge in [-0.3, -0.25) is 9.59 Å². The van der Waals surface area contributed by atoms with Crippen molar-refractivity contribution < 1.29 is 19.1 Å². The van der Waals surface area contributed by atoms with Gasteiger partial charge in [0.25, 0.3) is 11.9 Å². The summed E-state index contributed by atoms with van der Waals surface area (Å²) in [5.74, 6) is -1.46. The molecule has 0 saturated carbocycles. The highest BCUT2D eigenvalue weighted by Crippen LogP contribution is 2.23. The number of anilines is 1. The molecule has 146 valence electrons. The second kappa shape index (κ2) is 10.3. The number of carboxylic acid groups (broad SMARTS) is 1. The zero-order valence-corrected chi connectivity index (χ0v) is 16.1. The maximum absolute atomic E-state index is 10.7. The molecule has 1 amide bonds. The first-order chi connectivity index (χ1) is 13.4. The first kappa shape index (κ1) is 21.3. The predicted octanol–water partition coefficient (Wildman–Crippen LogP) is 4.32. The van der Waals surface area contributed by atoms with Crippen LogP contribution in [0.15, 0.2) is 59.2 Å². The molecule has 0 unspecified atom stereocenters. The Kier molecular flexibility index (Phi) is 7.86. The zero-order valence-electron chi connectivity index (χ0n) is 14.6. The molecular formula is C19H17Cl2N3O4. The number of rotatable bonds is 6. The predicted molar refractivity (Wildman–Crippen MR) is 108 cm³/mol. The minimum absolute atomic E-state index is 0.0308. The van der Waals surface area contributed by atoms with Crippen molar-refractivity contribution in [2.75, 3.05) is 11.9 Å². The van der Waals surface area contributed by atoms with Crippen molar-refractivity contribution in [1.82, 2.24) is 4.98 Å². The van der Waals surface area contributed by atoms with E-state index in [0.717, 1.165) is 11.3 Å². The molecule has 0 atom stereocenters. The molecule has 4 N–H and O–H groups in total. The van der Waals surface area contributed by atoms with Gasteiger partial charge in [0.15, 0.2) is 0 Å². The molecule has 3 aromatic rings. The van der Waals surface area contributed by atoms with E-state index in [-0.39, 0.29) is 22.0 Å². The summed E-state index contributed by atoms with van der Waals surface area (Å²) in [5, 5.41) is 11.9. The van der Waals surface area contributed by atoms with E-state index in [0.29, 0.717) is 12.6 Å². The lowest BCUT2D eigenvalue weighted by molar-refractivity contribution is -0.136. The van der Waals surface area contributed by atoms with Crippen molar-refractivity contribution in [3.8, 4) is 11.3 Å². The third-order valence-corrected chi connectivity index (χ3v) is 4.03. The van der Waals surface area contributed by atoms with Gasteiger partial charge in [-0.25, -0.2) is 0 Å². The summed E-state index contributed by atoms with van der Waals surface area (Å²) in [4.78, 5) is 25.2. The van der Waals surface area contributed by atoms with Crippen LogP contribution in [0.4, 0.5) is 6.01 Å². The Balaban J connectivity index is 0.000000221. The Bertz CT molecular complexity index is 925. The van der Waals surface area contributed by atoms with Crippen LogP contribution in [-0.2, 0) is 4.79 Å². The average Bonchev–Trinajstić information content (AvgIpc) is 3.11. The van der Waals surface area contributed by atoms with Gasteiger partial charge in [0.05, 0.1) is 22.0 Å². The molecule has 28 heavy (non-hydrogen) atoms. The smallest absolute Gasteiger partial charge is 0.305 e. The number of hydrogen-bond donors (Lipinski definition) is 3. The largest absolute Gasteiger partial charge is 0.481 e. The van der Waals surface area contributed by atoms with Gasteiger partial charge in [0.2, 0.25) is 0 Å². The molecule has 0 saturated heterocycles. The highest BCUT2D eigenvalue weighted by molar-refractivity contribution is 6.39. The summed E-state index contributed by atoms with van der Waals surface area (Å²) >= 11 is 11.3. The number of aromatic nitrogens is 1.